The number of para-hydroxylation sites is 1. The highest BCUT2D eigenvalue weighted by Crippen LogP contribution is 2.28. The molecule has 0 saturated heterocycles. The largest absolute Gasteiger partial charge is 0.456 e. The van der Waals surface area contributed by atoms with Crippen LogP contribution in [0.4, 0.5) is 4.39 Å². The molecular weight excluding hydrogens is 305 g/mol. The zero-order valence-electron chi connectivity index (χ0n) is 13.8. The Morgan fingerprint density at radius 3 is 2.48 bits per heavy atom. The van der Waals surface area contributed by atoms with E-state index in [0.29, 0.717) is 17.0 Å². The maximum Gasteiger partial charge on any atom is 0.149 e. The number of benzene rings is 2. The molecule has 0 bridgehead atoms. The minimum absolute atomic E-state index is 0.305. The maximum absolute atomic E-state index is 13.8. The normalized spacial score (nSPS) is 11.2. The van der Waals surface area contributed by atoms with Gasteiger partial charge in [-0.1, -0.05) is 37.4 Å². The lowest BCUT2D eigenvalue weighted by molar-refractivity contribution is 0.480. The number of halogens is 1. The van der Waals surface area contributed by atoms with E-state index in [4.69, 9.17) is 4.74 Å². The molecule has 3 rings (SSSR count). The topological polar surface area (TPSA) is 22.1 Å². The molecule has 117 valence electrons. The van der Waals surface area contributed by atoms with Gasteiger partial charge in [-0.3, -0.25) is 0 Å². The minimum Gasteiger partial charge on any atom is -0.456 e. The first-order chi connectivity index (χ1) is 11.0. The van der Waals surface area contributed by atoms with Crippen LogP contribution in [0, 0.1) is 19.7 Å². The van der Waals surface area contributed by atoms with Gasteiger partial charge in [0.05, 0.1) is 14.5 Å². The summed E-state index contributed by atoms with van der Waals surface area (Å²) in [5.74, 6) is 1.25. The van der Waals surface area contributed by atoms with Crippen LogP contribution in [-0.2, 0) is 0 Å². The Morgan fingerprint density at radius 1 is 1.00 bits per heavy atom. The van der Waals surface area contributed by atoms with Crippen LogP contribution in [0.15, 0.2) is 42.5 Å². The number of aromatic nitrogens is 1. The minimum atomic E-state index is -0.658. The van der Waals surface area contributed by atoms with Gasteiger partial charge in [-0.15, -0.1) is 0 Å². The molecule has 4 heteroatoms. The third-order valence-electron chi connectivity index (χ3n) is 3.90. The number of nitrogens with zero attached hydrogens (tertiary/aromatic N) is 1. The molecule has 0 aliphatic heterocycles. The van der Waals surface area contributed by atoms with E-state index in [1.165, 1.54) is 16.8 Å². The van der Waals surface area contributed by atoms with Crippen LogP contribution in [0.1, 0.15) is 11.3 Å². The molecular formula is C19H19FNOSi. The molecule has 0 aliphatic carbocycles. The summed E-state index contributed by atoms with van der Waals surface area (Å²) in [7, 11) is -0.658. The number of hydrogen-bond donors (Lipinski definition) is 0. The van der Waals surface area contributed by atoms with Crippen molar-refractivity contribution in [1.29, 1.82) is 0 Å². The van der Waals surface area contributed by atoms with E-state index in [1.54, 1.807) is 6.07 Å². The molecule has 23 heavy (non-hydrogen) atoms. The van der Waals surface area contributed by atoms with Crippen LogP contribution in [-0.4, -0.2) is 13.8 Å². The Bertz CT molecular complexity index is 877. The van der Waals surface area contributed by atoms with Gasteiger partial charge in [-0.25, -0.2) is 9.37 Å². The predicted octanol–water partition coefficient (Wildman–Crippen LogP) is 4.74. The Morgan fingerprint density at radius 2 is 1.74 bits per heavy atom. The van der Waals surface area contributed by atoms with Crippen LogP contribution in [0.3, 0.4) is 0 Å². The lowest BCUT2D eigenvalue weighted by Crippen LogP contribution is -2.27. The number of hydrogen-bond acceptors (Lipinski definition) is 2. The van der Waals surface area contributed by atoms with E-state index in [-0.39, 0.29) is 5.82 Å². The molecule has 2 nitrogen and oxygen atoms in total. The summed E-state index contributed by atoms with van der Waals surface area (Å²) < 4.78 is 20.0. The van der Waals surface area contributed by atoms with Crippen LogP contribution in [0.2, 0.25) is 13.1 Å². The van der Waals surface area contributed by atoms with Gasteiger partial charge >= 0.3 is 0 Å². The van der Waals surface area contributed by atoms with Crippen LogP contribution in [0.25, 0.3) is 10.9 Å². The highest BCUT2D eigenvalue weighted by atomic mass is 28.3. The summed E-state index contributed by atoms with van der Waals surface area (Å²) in [6.07, 6.45) is 0. The highest BCUT2D eigenvalue weighted by molar-refractivity contribution is 6.72. The molecule has 1 radical (unpaired) electrons. The first kappa shape index (κ1) is 15.7. The summed E-state index contributed by atoms with van der Waals surface area (Å²) in [5.41, 5.74) is 2.33. The molecule has 0 atom stereocenters. The maximum atomic E-state index is 13.8. The summed E-state index contributed by atoms with van der Waals surface area (Å²) in [5, 5.41) is 2.04. The highest BCUT2D eigenvalue weighted by Gasteiger charge is 2.15. The second kappa shape index (κ2) is 6.12. The van der Waals surface area contributed by atoms with Crippen LogP contribution in [0.5, 0.6) is 11.5 Å². The summed E-state index contributed by atoms with van der Waals surface area (Å²) >= 11 is 0. The van der Waals surface area contributed by atoms with Gasteiger partial charge in [0.25, 0.3) is 0 Å². The summed E-state index contributed by atoms with van der Waals surface area (Å²) in [6, 6.07) is 12.9. The van der Waals surface area contributed by atoms with E-state index in [9.17, 15) is 4.39 Å². The average molecular weight is 324 g/mol. The second-order valence-electron chi connectivity index (χ2n) is 5.93. The van der Waals surface area contributed by atoms with Crippen molar-refractivity contribution < 1.29 is 9.13 Å². The van der Waals surface area contributed by atoms with Crippen molar-refractivity contribution in [2.45, 2.75) is 26.9 Å². The quantitative estimate of drug-likeness (QED) is 0.649. The van der Waals surface area contributed by atoms with E-state index in [2.05, 4.69) is 31.1 Å². The third-order valence-corrected chi connectivity index (χ3v) is 5.54. The van der Waals surface area contributed by atoms with Crippen molar-refractivity contribution in [2.24, 2.45) is 0 Å². The second-order valence-corrected chi connectivity index (χ2v) is 8.43. The van der Waals surface area contributed by atoms with Gasteiger partial charge in [0.1, 0.15) is 22.8 Å². The van der Waals surface area contributed by atoms with E-state index < -0.39 is 8.80 Å². The van der Waals surface area contributed by atoms with Gasteiger partial charge in [0.15, 0.2) is 0 Å². The third kappa shape index (κ3) is 2.99. The van der Waals surface area contributed by atoms with E-state index in [1.807, 2.05) is 31.2 Å². The Hall–Kier alpha value is -2.20. The molecule has 3 aromatic rings. The average Bonchev–Trinajstić information content (AvgIpc) is 2.49. The zero-order chi connectivity index (χ0) is 16.6. The molecule has 0 unspecified atom stereocenters. The van der Waals surface area contributed by atoms with Crippen molar-refractivity contribution in [3.63, 3.8) is 0 Å². The van der Waals surface area contributed by atoms with Crippen molar-refractivity contribution in [1.82, 2.24) is 4.98 Å². The SMILES string of the molecule is Cc1cccc(Oc2cc3cccc(F)c3nc2C)c1[Si](C)C. The van der Waals surface area contributed by atoms with E-state index >= 15 is 0 Å². The molecule has 0 fully saturated rings. The molecule has 1 aromatic heterocycles. The molecule has 0 amide bonds. The van der Waals surface area contributed by atoms with Crippen molar-refractivity contribution in [3.8, 4) is 11.5 Å². The zero-order valence-corrected chi connectivity index (χ0v) is 14.8. The lowest BCUT2D eigenvalue weighted by atomic mass is 10.2. The summed E-state index contributed by atoms with van der Waals surface area (Å²) in [6.45, 7) is 8.46. The monoisotopic (exact) mass is 324 g/mol. The van der Waals surface area contributed by atoms with Crippen LogP contribution < -0.4 is 9.92 Å². The Kier molecular flexibility index (Phi) is 4.18. The van der Waals surface area contributed by atoms with Gasteiger partial charge in [0, 0.05) is 5.39 Å². The smallest absolute Gasteiger partial charge is 0.149 e. The molecule has 0 N–H and O–H groups in total. The number of ether oxygens (including phenoxy) is 1. The molecule has 2 aromatic carbocycles. The van der Waals surface area contributed by atoms with Crippen molar-refractivity contribution >= 4 is 24.9 Å². The Balaban J connectivity index is 2.09. The summed E-state index contributed by atoms with van der Waals surface area (Å²) in [4.78, 5) is 4.38. The van der Waals surface area contributed by atoms with Crippen molar-refractivity contribution in [2.75, 3.05) is 0 Å². The number of rotatable bonds is 3. The molecule has 0 aliphatic rings. The fraction of sp³-hybridized carbons (Fsp3) is 0.211. The van der Waals surface area contributed by atoms with Crippen molar-refractivity contribution in [3.05, 3.63) is 59.5 Å². The number of fused-ring (bicyclic) bond motifs is 1. The fourth-order valence-corrected chi connectivity index (χ4v) is 4.32. The fourth-order valence-electron chi connectivity index (χ4n) is 2.82. The standard InChI is InChI=1S/C19H19FNOSi/c1-12-7-5-10-16(19(12)23(3)4)22-17-11-14-8-6-9-15(20)18(14)21-13(17)2/h5-11H,1-4H3. The molecule has 1 heterocycles. The predicted molar refractivity (Wildman–Crippen MR) is 94.8 cm³/mol. The number of pyridine rings is 1. The van der Waals surface area contributed by atoms with E-state index in [0.717, 1.165) is 11.1 Å². The lowest BCUT2D eigenvalue weighted by Gasteiger charge is -2.17. The molecule has 0 spiro atoms. The van der Waals surface area contributed by atoms with Gasteiger partial charge in [-0.05, 0) is 42.8 Å². The number of aryl methyl sites for hydroxylation is 2. The van der Waals surface area contributed by atoms with Crippen LogP contribution >= 0.6 is 0 Å². The first-order valence-corrected chi connectivity index (χ1v) is 10.1. The van der Waals surface area contributed by atoms with Gasteiger partial charge in [0.2, 0.25) is 0 Å². The molecule has 0 saturated carbocycles. The van der Waals surface area contributed by atoms with Gasteiger partial charge in [-0.2, -0.15) is 0 Å². The first-order valence-electron chi connectivity index (χ1n) is 7.61. The Labute approximate surface area is 137 Å². The van der Waals surface area contributed by atoms with Gasteiger partial charge < -0.3 is 4.74 Å².